The Kier molecular flexibility index (Phi) is 8.24. The molecule has 1 aliphatic heterocycles. The van der Waals surface area contributed by atoms with Crippen LogP contribution in [0.25, 0.3) is 0 Å². The maximum atomic E-state index is 12.2. The molecule has 0 aromatic heterocycles. The van der Waals surface area contributed by atoms with Crippen molar-refractivity contribution >= 4 is 33.6 Å². The number of piperidine rings is 1. The zero-order chi connectivity index (χ0) is 18.9. The number of carbonyl (C=O) groups excluding carboxylic acids is 1. The summed E-state index contributed by atoms with van der Waals surface area (Å²) in [5, 5.41) is 3.09. The van der Waals surface area contributed by atoms with Gasteiger partial charge in [-0.05, 0) is 54.8 Å². The largest absolute Gasteiger partial charge is 0.351 e. The van der Waals surface area contributed by atoms with E-state index < -0.39 is 0 Å². The summed E-state index contributed by atoms with van der Waals surface area (Å²) >= 11 is 5.10. The number of rotatable bonds is 8. The molecule has 144 valence electrons. The molecule has 3 nitrogen and oxygen atoms in total. The van der Waals surface area contributed by atoms with Gasteiger partial charge < -0.3 is 5.32 Å². The maximum absolute atomic E-state index is 12.2. The summed E-state index contributed by atoms with van der Waals surface area (Å²) in [5.74, 6) is 1.45. The molecule has 1 N–H and O–H groups in total. The Hall–Kier alpha value is -1.30. The second-order valence-electron chi connectivity index (χ2n) is 7.00. The van der Waals surface area contributed by atoms with Crippen molar-refractivity contribution < 1.29 is 4.79 Å². The van der Waals surface area contributed by atoms with Gasteiger partial charge in [-0.25, -0.2) is 0 Å². The summed E-state index contributed by atoms with van der Waals surface area (Å²) in [6, 6.07) is 16.7. The molecule has 0 aliphatic carbocycles. The third-order valence-corrected chi connectivity index (χ3v) is 6.38. The molecule has 1 heterocycles. The fourth-order valence-electron chi connectivity index (χ4n) is 3.33. The summed E-state index contributed by atoms with van der Waals surface area (Å²) in [6.45, 7) is 3.98. The zero-order valence-corrected chi connectivity index (χ0v) is 18.0. The smallest absolute Gasteiger partial charge is 0.230 e. The van der Waals surface area contributed by atoms with Crippen LogP contribution < -0.4 is 5.32 Å². The molecule has 1 amide bonds. The molecule has 0 unspecified atom stereocenters. The van der Waals surface area contributed by atoms with E-state index in [0.29, 0.717) is 12.3 Å². The Balaban J connectivity index is 1.43. The standard InChI is InChI=1S/C22H27BrN2OS/c23-21-10-8-18(9-11-21)16-27-17-22(26)24-14-19-6-2-3-7-20(19)15-25-12-4-1-5-13-25/h2-3,6-11H,1,4-5,12-17H2,(H,24,26). The quantitative estimate of drug-likeness (QED) is 0.619. The lowest BCUT2D eigenvalue weighted by Crippen LogP contribution is -2.30. The Bertz CT molecular complexity index is 729. The minimum absolute atomic E-state index is 0.102. The molecule has 0 radical (unpaired) electrons. The lowest BCUT2D eigenvalue weighted by molar-refractivity contribution is -0.118. The molecule has 5 heteroatoms. The van der Waals surface area contributed by atoms with Crippen molar-refractivity contribution in [3.05, 3.63) is 69.7 Å². The van der Waals surface area contributed by atoms with Crippen molar-refractivity contribution in [2.24, 2.45) is 0 Å². The van der Waals surface area contributed by atoms with E-state index in [1.165, 1.54) is 49.0 Å². The van der Waals surface area contributed by atoms with Gasteiger partial charge in [-0.3, -0.25) is 9.69 Å². The van der Waals surface area contributed by atoms with E-state index in [9.17, 15) is 4.79 Å². The molecule has 0 bridgehead atoms. The Labute approximate surface area is 175 Å². The van der Waals surface area contributed by atoms with Crippen molar-refractivity contribution in [3.8, 4) is 0 Å². The van der Waals surface area contributed by atoms with Gasteiger partial charge in [-0.1, -0.05) is 58.7 Å². The van der Waals surface area contributed by atoms with E-state index in [0.717, 1.165) is 16.8 Å². The normalized spacial score (nSPS) is 14.9. The maximum Gasteiger partial charge on any atom is 0.230 e. The summed E-state index contributed by atoms with van der Waals surface area (Å²) in [5.41, 5.74) is 3.81. The number of likely N-dealkylation sites (tertiary alicyclic amines) is 1. The molecule has 2 aromatic rings. The highest BCUT2D eigenvalue weighted by Crippen LogP contribution is 2.17. The van der Waals surface area contributed by atoms with Crippen molar-refractivity contribution in [1.29, 1.82) is 0 Å². The molecule has 0 atom stereocenters. The van der Waals surface area contributed by atoms with Crippen LogP contribution in [0.5, 0.6) is 0 Å². The van der Waals surface area contributed by atoms with E-state index in [1.807, 2.05) is 12.1 Å². The van der Waals surface area contributed by atoms with Crippen molar-refractivity contribution in [3.63, 3.8) is 0 Å². The predicted octanol–water partition coefficient (Wildman–Crippen LogP) is 4.98. The Morgan fingerprint density at radius 1 is 1.00 bits per heavy atom. The van der Waals surface area contributed by atoms with Crippen LogP contribution in [0.2, 0.25) is 0 Å². The minimum atomic E-state index is 0.102. The van der Waals surface area contributed by atoms with Crippen LogP contribution in [0, 0.1) is 0 Å². The highest BCUT2D eigenvalue weighted by atomic mass is 79.9. The van der Waals surface area contributed by atoms with E-state index in [2.05, 4.69) is 62.5 Å². The number of thioether (sulfide) groups is 1. The van der Waals surface area contributed by atoms with Crippen LogP contribution >= 0.6 is 27.7 Å². The number of hydrogen-bond donors (Lipinski definition) is 1. The molecular weight excluding hydrogens is 420 g/mol. The number of halogens is 1. The third kappa shape index (κ3) is 6.98. The lowest BCUT2D eigenvalue weighted by Gasteiger charge is -2.27. The first kappa shape index (κ1) is 20.4. The number of benzene rings is 2. The topological polar surface area (TPSA) is 32.3 Å². The van der Waals surface area contributed by atoms with E-state index in [-0.39, 0.29) is 5.91 Å². The van der Waals surface area contributed by atoms with Gasteiger partial charge in [0.1, 0.15) is 0 Å². The highest BCUT2D eigenvalue weighted by Gasteiger charge is 2.12. The molecular formula is C22H27BrN2OS. The lowest BCUT2D eigenvalue weighted by atomic mass is 10.0. The zero-order valence-electron chi connectivity index (χ0n) is 15.6. The van der Waals surface area contributed by atoms with Crippen LogP contribution in [0.15, 0.2) is 53.0 Å². The van der Waals surface area contributed by atoms with Gasteiger partial charge in [0.05, 0.1) is 5.75 Å². The summed E-state index contributed by atoms with van der Waals surface area (Å²) < 4.78 is 1.08. The van der Waals surface area contributed by atoms with Crippen molar-refractivity contribution in [1.82, 2.24) is 10.2 Å². The summed E-state index contributed by atoms with van der Waals surface area (Å²) in [6.07, 6.45) is 3.95. The second kappa shape index (κ2) is 10.9. The van der Waals surface area contributed by atoms with Gasteiger partial charge in [-0.2, -0.15) is 0 Å². The molecule has 3 rings (SSSR count). The highest BCUT2D eigenvalue weighted by molar-refractivity contribution is 9.10. The number of carbonyl (C=O) groups is 1. The summed E-state index contributed by atoms with van der Waals surface area (Å²) in [4.78, 5) is 14.7. The van der Waals surface area contributed by atoms with Gasteiger partial charge in [0.2, 0.25) is 5.91 Å². The fourth-order valence-corrected chi connectivity index (χ4v) is 4.41. The molecule has 1 fully saturated rings. The Morgan fingerprint density at radius 2 is 1.70 bits per heavy atom. The minimum Gasteiger partial charge on any atom is -0.351 e. The number of nitrogens with one attached hydrogen (secondary N) is 1. The average Bonchev–Trinajstić information content (AvgIpc) is 2.70. The second-order valence-corrected chi connectivity index (χ2v) is 8.90. The number of amides is 1. The van der Waals surface area contributed by atoms with Crippen molar-refractivity contribution in [2.45, 2.75) is 38.1 Å². The van der Waals surface area contributed by atoms with Gasteiger partial charge in [-0.15, -0.1) is 11.8 Å². The first-order valence-corrected chi connectivity index (χ1v) is 11.5. The van der Waals surface area contributed by atoms with Crippen LogP contribution in [-0.4, -0.2) is 29.6 Å². The van der Waals surface area contributed by atoms with Crippen LogP contribution in [0.4, 0.5) is 0 Å². The van der Waals surface area contributed by atoms with Gasteiger partial charge in [0.25, 0.3) is 0 Å². The van der Waals surface area contributed by atoms with Gasteiger partial charge >= 0.3 is 0 Å². The monoisotopic (exact) mass is 446 g/mol. The van der Waals surface area contributed by atoms with E-state index >= 15 is 0 Å². The molecule has 1 aliphatic rings. The Morgan fingerprint density at radius 3 is 2.44 bits per heavy atom. The van der Waals surface area contributed by atoms with Crippen LogP contribution in [0.1, 0.15) is 36.0 Å². The molecule has 27 heavy (non-hydrogen) atoms. The van der Waals surface area contributed by atoms with Crippen LogP contribution in [-0.2, 0) is 23.6 Å². The number of hydrogen-bond acceptors (Lipinski definition) is 3. The molecule has 2 aromatic carbocycles. The SMILES string of the molecule is O=C(CSCc1ccc(Br)cc1)NCc1ccccc1CN1CCCCC1. The third-order valence-electron chi connectivity index (χ3n) is 4.85. The molecule has 1 saturated heterocycles. The van der Waals surface area contributed by atoms with Gasteiger partial charge in [0, 0.05) is 23.3 Å². The van der Waals surface area contributed by atoms with Crippen molar-refractivity contribution in [2.75, 3.05) is 18.8 Å². The average molecular weight is 447 g/mol. The molecule has 0 spiro atoms. The first-order valence-electron chi connectivity index (χ1n) is 9.59. The number of nitrogens with zero attached hydrogens (tertiary/aromatic N) is 1. The first-order chi connectivity index (χ1) is 13.2. The fraction of sp³-hybridized carbons (Fsp3) is 0.409. The predicted molar refractivity (Wildman–Crippen MR) is 118 cm³/mol. The van der Waals surface area contributed by atoms with Gasteiger partial charge in [0.15, 0.2) is 0 Å². The van der Waals surface area contributed by atoms with E-state index in [1.54, 1.807) is 11.8 Å². The van der Waals surface area contributed by atoms with Crippen LogP contribution in [0.3, 0.4) is 0 Å². The summed E-state index contributed by atoms with van der Waals surface area (Å²) in [7, 11) is 0. The molecule has 0 saturated carbocycles. The van der Waals surface area contributed by atoms with E-state index in [4.69, 9.17) is 0 Å².